The molecule has 0 aliphatic heterocycles. The third-order valence-corrected chi connectivity index (χ3v) is 0.983. The van der Waals surface area contributed by atoms with E-state index >= 15 is 0 Å². The third kappa shape index (κ3) is 3.83. The summed E-state index contributed by atoms with van der Waals surface area (Å²) in [5, 5.41) is 0. The minimum atomic E-state index is -0.150. The Morgan fingerprint density at radius 3 is 2.57 bits per heavy atom. The molecule has 0 saturated heterocycles. The van der Waals surface area contributed by atoms with Gasteiger partial charge in [-0.25, -0.2) is 0 Å². The summed E-state index contributed by atoms with van der Waals surface area (Å²) in [4.78, 5) is 10.2. The molecule has 0 radical (unpaired) electrons. The van der Waals surface area contributed by atoms with Crippen molar-refractivity contribution in [1.29, 1.82) is 0 Å². The van der Waals surface area contributed by atoms with Crippen LogP contribution in [0.4, 0.5) is 0 Å². The summed E-state index contributed by atoms with van der Waals surface area (Å²) < 4.78 is 4.29. The molecule has 0 aromatic rings. The Morgan fingerprint density at radius 2 is 2.43 bits per heavy atom. The van der Waals surface area contributed by atoms with Crippen molar-refractivity contribution in [1.82, 2.24) is 0 Å². The van der Waals surface area contributed by atoms with Crippen LogP contribution in [0.5, 0.6) is 0 Å². The molecule has 0 aromatic heterocycles. The molecule has 0 bridgehead atoms. The van der Waals surface area contributed by atoms with Crippen molar-refractivity contribution < 1.29 is 8.61 Å². The summed E-state index contributed by atoms with van der Waals surface area (Å²) in [6.07, 6.45) is 1.38. The van der Waals surface area contributed by atoms with Gasteiger partial charge < -0.3 is 0 Å². The fourth-order valence-corrected chi connectivity index (χ4v) is 0.441. The van der Waals surface area contributed by atoms with E-state index in [9.17, 15) is 4.79 Å². The zero-order valence-electron chi connectivity index (χ0n) is 4.18. The molecule has 0 saturated carbocycles. The van der Waals surface area contributed by atoms with E-state index in [1.807, 2.05) is 6.92 Å². The predicted octanol–water partition coefficient (Wildman–Crippen LogP) is 0.145. The van der Waals surface area contributed by atoms with Gasteiger partial charge in [0.15, 0.2) is 0 Å². The summed E-state index contributed by atoms with van der Waals surface area (Å²) >= 11 is 1.79. The number of hydrogen-bond donors (Lipinski definition) is 0. The van der Waals surface area contributed by atoms with Crippen molar-refractivity contribution in [2.75, 3.05) is 0 Å². The van der Waals surface area contributed by atoms with E-state index < -0.39 is 0 Å². The van der Waals surface area contributed by atoms with Gasteiger partial charge in [-0.2, -0.15) is 0 Å². The van der Waals surface area contributed by atoms with Gasteiger partial charge in [0.2, 0.25) is 0 Å². The van der Waals surface area contributed by atoms with Gasteiger partial charge in [0.05, 0.1) is 0 Å². The molecule has 0 atom stereocenters. The molecule has 0 unspecified atom stereocenters. The first-order valence-electron chi connectivity index (χ1n) is 2.15. The van der Waals surface area contributed by atoms with Crippen molar-refractivity contribution in [2.45, 2.75) is 19.8 Å². The predicted molar refractivity (Wildman–Crippen MR) is 28.1 cm³/mol. The summed E-state index contributed by atoms with van der Waals surface area (Å²) in [5.74, 6) is -0.150. The van der Waals surface area contributed by atoms with Gasteiger partial charge >= 0.3 is 50.7 Å². The molecule has 0 amide bonds. The maximum absolute atomic E-state index is 10.2. The summed E-state index contributed by atoms with van der Waals surface area (Å²) in [5.41, 5.74) is 0. The second-order valence-electron chi connectivity index (χ2n) is 1.21. The van der Waals surface area contributed by atoms with Crippen molar-refractivity contribution >= 4 is 22.3 Å². The molecule has 0 fully saturated rings. The van der Waals surface area contributed by atoms with E-state index in [0.717, 1.165) is 6.42 Å². The molecular weight excluding hydrogens is 159 g/mol. The Labute approximate surface area is 51.4 Å². The van der Waals surface area contributed by atoms with Crippen molar-refractivity contribution in [2.24, 2.45) is 0 Å². The van der Waals surface area contributed by atoms with Gasteiger partial charge in [-0.15, -0.1) is 0 Å². The standard InChI is InChI=1S/C4H8O2Se/c1-2-3-4(5)6-7/h7H,2-3H2,1H3. The normalized spacial score (nSPS) is 8.29. The van der Waals surface area contributed by atoms with E-state index in [4.69, 9.17) is 0 Å². The van der Waals surface area contributed by atoms with Crippen LogP contribution in [0.1, 0.15) is 19.8 Å². The monoisotopic (exact) mass is 168 g/mol. The van der Waals surface area contributed by atoms with Gasteiger partial charge in [-0.05, 0) is 0 Å². The number of carbonyl (C=O) groups is 1. The first kappa shape index (κ1) is 6.99. The zero-order valence-corrected chi connectivity index (χ0v) is 6.05. The van der Waals surface area contributed by atoms with Gasteiger partial charge in [0.25, 0.3) is 0 Å². The Balaban J connectivity index is 3.00. The fraction of sp³-hybridized carbons (Fsp3) is 0.750. The number of hydrogen-bond acceptors (Lipinski definition) is 2. The van der Waals surface area contributed by atoms with Crippen LogP contribution in [-0.2, 0) is 8.61 Å². The Bertz CT molecular complexity index is 62.7. The Morgan fingerprint density at radius 1 is 1.86 bits per heavy atom. The summed E-state index contributed by atoms with van der Waals surface area (Å²) in [7, 11) is 0. The molecule has 0 spiro atoms. The molecule has 0 rings (SSSR count). The van der Waals surface area contributed by atoms with Crippen molar-refractivity contribution in [3.05, 3.63) is 0 Å². The first-order chi connectivity index (χ1) is 3.31. The molecule has 7 heavy (non-hydrogen) atoms. The Kier molecular flexibility index (Phi) is 4.15. The quantitative estimate of drug-likeness (QED) is 0.547. The molecule has 0 N–H and O–H groups in total. The summed E-state index contributed by atoms with van der Waals surface area (Å²) in [6, 6.07) is 0. The third-order valence-electron chi connectivity index (χ3n) is 0.556. The first-order valence-corrected chi connectivity index (χ1v) is 2.92. The number of rotatable bonds is 2. The molecular formula is C4H8O2Se. The molecule has 0 aliphatic rings. The zero-order chi connectivity index (χ0) is 5.70. The van der Waals surface area contributed by atoms with Crippen LogP contribution in [-0.4, -0.2) is 22.3 Å². The van der Waals surface area contributed by atoms with Crippen molar-refractivity contribution in [3.8, 4) is 0 Å². The van der Waals surface area contributed by atoms with E-state index in [0.29, 0.717) is 6.42 Å². The van der Waals surface area contributed by atoms with Crippen LogP contribution in [0.25, 0.3) is 0 Å². The molecule has 3 heteroatoms. The second kappa shape index (κ2) is 4.16. The molecule has 0 aromatic carbocycles. The van der Waals surface area contributed by atoms with E-state index in [2.05, 4.69) is 3.82 Å². The SMILES string of the molecule is CCCC(=O)O[SeH]. The second-order valence-corrected chi connectivity index (χ2v) is 1.60. The fourth-order valence-electron chi connectivity index (χ4n) is 0.250. The maximum atomic E-state index is 10.2. The molecule has 0 heterocycles. The average Bonchev–Trinajstić information content (AvgIpc) is 1.68. The van der Waals surface area contributed by atoms with Crippen LogP contribution in [0.15, 0.2) is 0 Å². The van der Waals surface area contributed by atoms with Gasteiger partial charge in [0, 0.05) is 0 Å². The van der Waals surface area contributed by atoms with E-state index in [-0.39, 0.29) is 5.97 Å². The van der Waals surface area contributed by atoms with Crippen LogP contribution >= 0.6 is 0 Å². The van der Waals surface area contributed by atoms with E-state index in [1.165, 1.54) is 0 Å². The van der Waals surface area contributed by atoms with Crippen molar-refractivity contribution in [3.63, 3.8) is 0 Å². The Hall–Kier alpha value is -0.0105. The molecule has 42 valence electrons. The summed E-state index contributed by atoms with van der Waals surface area (Å²) in [6.45, 7) is 1.93. The van der Waals surface area contributed by atoms with Gasteiger partial charge in [-0.3, -0.25) is 0 Å². The van der Waals surface area contributed by atoms with Gasteiger partial charge in [-0.1, -0.05) is 0 Å². The van der Waals surface area contributed by atoms with Crippen LogP contribution in [0.2, 0.25) is 0 Å². The average molecular weight is 167 g/mol. The topological polar surface area (TPSA) is 26.3 Å². The van der Waals surface area contributed by atoms with Crippen LogP contribution in [0, 0.1) is 0 Å². The number of carbonyl (C=O) groups excluding carboxylic acids is 1. The van der Waals surface area contributed by atoms with Gasteiger partial charge in [0.1, 0.15) is 0 Å². The minimum absolute atomic E-state index is 0.150. The van der Waals surface area contributed by atoms with Crippen LogP contribution < -0.4 is 0 Å². The van der Waals surface area contributed by atoms with E-state index in [1.54, 1.807) is 16.3 Å². The molecule has 2 nitrogen and oxygen atoms in total. The molecule has 0 aliphatic carbocycles. The van der Waals surface area contributed by atoms with Crippen LogP contribution in [0.3, 0.4) is 0 Å².